The normalized spacial score (nSPS) is 12.2. The van der Waals surface area contributed by atoms with Crippen molar-refractivity contribution in [1.82, 2.24) is 0 Å². The van der Waals surface area contributed by atoms with Gasteiger partial charge in [0.15, 0.2) is 0 Å². The zero-order valence-electron chi connectivity index (χ0n) is 7.53. The molecule has 0 saturated heterocycles. The zero-order valence-corrected chi connectivity index (χ0v) is 9.11. The number of hydrogen-bond acceptors (Lipinski definition) is 4. The van der Waals surface area contributed by atoms with Gasteiger partial charge in [-0.25, -0.2) is 0 Å². The van der Waals surface area contributed by atoms with Crippen molar-refractivity contribution >= 4 is 21.9 Å². The molecule has 0 amide bonds. The number of carbonyl (C=O) groups is 1. The first kappa shape index (κ1) is 11.0. The van der Waals surface area contributed by atoms with Crippen LogP contribution < -0.4 is 5.73 Å². The Morgan fingerprint density at radius 1 is 1.64 bits per heavy atom. The minimum absolute atomic E-state index is 0.103. The van der Waals surface area contributed by atoms with Crippen molar-refractivity contribution in [2.75, 3.05) is 7.11 Å². The van der Waals surface area contributed by atoms with Crippen molar-refractivity contribution in [3.8, 4) is 5.75 Å². The third-order valence-electron chi connectivity index (χ3n) is 1.79. The lowest BCUT2D eigenvalue weighted by Crippen LogP contribution is -2.22. The lowest BCUT2D eigenvalue weighted by molar-refractivity contribution is -0.142. The number of benzene rings is 1. The minimum atomic E-state index is -0.822. The molecule has 4 nitrogen and oxygen atoms in total. The highest BCUT2D eigenvalue weighted by molar-refractivity contribution is 9.10. The number of halogens is 1. The number of hydrogen-bond donors (Lipinski definition) is 2. The van der Waals surface area contributed by atoms with E-state index in [0.29, 0.717) is 10.0 Å². The molecular weight excluding hydrogens is 250 g/mol. The molecule has 1 aromatic rings. The Balaban J connectivity index is 2.96. The summed E-state index contributed by atoms with van der Waals surface area (Å²) in [6.07, 6.45) is 0. The second-order valence-electron chi connectivity index (χ2n) is 2.71. The summed E-state index contributed by atoms with van der Waals surface area (Å²) >= 11 is 3.13. The molecule has 3 N–H and O–H groups in total. The smallest absolute Gasteiger partial charge is 0.327 e. The van der Waals surface area contributed by atoms with Crippen LogP contribution in [0.1, 0.15) is 11.6 Å². The van der Waals surface area contributed by atoms with Gasteiger partial charge in [-0.15, -0.1) is 0 Å². The molecule has 5 heteroatoms. The standard InChI is InChI=1S/C9H10BrNO3/c1-14-9(13)8(11)5-2-3-7(12)6(10)4-5/h2-4,8,12H,11H2,1H3. The van der Waals surface area contributed by atoms with Crippen LogP contribution in [0.25, 0.3) is 0 Å². The summed E-state index contributed by atoms with van der Waals surface area (Å²) in [5.74, 6) is -0.409. The average Bonchev–Trinajstić information content (AvgIpc) is 2.20. The SMILES string of the molecule is COC(=O)C(N)c1ccc(O)c(Br)c1. The molecule has 14 heavy (non-hydrogen) atoms. The Labute approximate surface area is 89.8 Å². The lowest BCUT2D eigenvalue weighted by atomic mass is 10.1. The first-order chi connectivity index (χ1) is 6.56. The molecule has 0 saturated carbocycles. The number of phenols is 1. The summed E-state index contributed by atoms with van der Waals surface area (Å²) in [5.41, 5.74) is 6.18. The van der Waals surface area contributed by atoms with Gasteiger partial charge in [-0.05, 0) is 33.6 Å². The molecule has 0 bridgehead atoms. The number of nitrogens with two attached hydrogens (primary N) is 1. The second-order valence-corrected chi connectivity index (χ2v) is 3.57. The predicted octanol–water partition coefficient (Wildman–Crippen LogP) is 1.33. The van der Waals surface area contributed by atoms with Crippen molar-refractivity contribution in [1.29, 1.82) is 0 Å². The number of aromatic hydroxyl groups is 1. The second kappa shape index (κ2) is 4.43. The van der Waals surface area contributed by atoms with Gasteiger partial charge < -0.3 is 15.6 Å². The molecule has 0 aliphatic heterocycles. The van der Waals surface area contributed by atoms with Crippen LogP contribution in [0, 0.1) is 0 Å². The quantitative estimate of drug-likeness (QED) is 0.787. The van der Waals surface area contributed by atoms with Crippen molar-refractivity contribution < 1.29 is 14.6 Å². The molecule has 1 rings (SSSR count). The van der Waals surface area contributed by atoms with E-state index >= 15 is 0 Å². The highest BCUT2D eigenvalue weighted by Crippen LogP contribution is 2.26. The predicted molar refractivity (Wildman–Crippen MR) is 54.8 cm³/mol. The molecule has 76 valence electrons. The summed E-state index contributed by atoms with van der Waals surface area (Å²) < 4.78 is 4.99. The van der Waals surface area contributed by atoms with Gasteiger partial charge in [0.1, 0.15) is 11.8 Å². The highest BCUT2D eigenvalue weighted by atomic mass is 79.9. The average molecular weight is 260 g/mol. The summed E-state index contributed by atoms with van der Waals surface area (Å²) in [6.45, 7) is 0. The minimum Gasteiger partial charge on any atom is -0.507 e. The highest BCUT2D eigenvalue weighted by Gasteiger charge is 2.16. The largest absolute Gasteiger partial charge is 0.507 e. The van der Waals surface area contributed by atoms with E-state index in [1.165, 1.54) is 13.2 Å². The topological polar surface area (TPSA) is 72.5 Å². The summed E-state index contributed by atoms with van der Waals surface area (Å²) in [5, 5.41) is 9.22. The van der Waals surface area contributed by atoms with E-state index in [-0.39, 0.29) is 5.75 Å². The number of phenolic OH excluding ortho intramolecular Hbond substituents is 1. The van der Waals surface area contributed by atoms with Crippen LogP contribution in [-0.4, -0.2) is 18.2 Å². The molecule has 0 radical (unpaired) electrons. The fourth-order valence-electron chi connectivity index (χ4n) is 0.980. The number of carbonyl (C=O) groups excluding carboxylic acids is 1. The monoisotopic (exact) mass is 259 g/mol. The van der Waals surface area contributed by atoms with Crippen LogP contribution in [0.5, 0.6) is 5.75 Å². The van der Waals surface area contributed by atoms with Crippen LogP contribution in [0.3, 0.4) is 0 Å². The van der Waals surface area contributed by atoms with Crippen LogP contribution in [0.4, 0.5) is 0 Å². The van der Waals surface area contributed by atoms with Gasteiger partial charge in [0.05, 0.1) is 11.6 Å². The summed E-state index contributed by atoms with van der Waals surface area (Å²) in [7, 11) is 1.28. The van der Waals surface area contributed by atoms with Crippen molar-refractivity contribution in [2.45, 2.75) is 6.04 Å². The Morgan fingerprint density at radius 3 is 2.79 bits per heavy atom. The van der Waals surface area contributed by atoms with Crippen molar-refractivity contribution in [3.05, 3.63) is 28.2 Å². The summed E-state index contributed by atoms with van der Waals surface area (Å²) in [4.78, 5) is 11.1. The van der Waals surface area contributed by atoms with Gasteiger partial charge in [0.2, 0.25) is 0 Å². The molecule has 0 aliphatic carbocycles. The fourth-order valence-corrected chi connectivity index (χ4v) is 1.38. The third kappa shape index (κ3) is 2.24. The fraction of sp³-hybridized carbons (Fsp3) is 0.222. The number of methoxy groups -OCH3 is 1. The van der Waals surface area contributed by atoms with Crippen molar-refractivity contribution in [2.24, 2.45) is 5.73 Å². The van der Waals surface area contributed by atoms with Gasteiger partial charge >= 0.3 is 5.97 Å². The third-order valence-corrected chi connectivity index (χ3v) is 2.42. The van der Waals surface area contributed by atoms with E-state index in [9.17, 15) is 9.90 Å². The molecule has 1 aromatic carbocycles. The Kier molecular flexibility index (Phi) is 3.49. The van der Waals surface area contributed by atoms with E-state index in [4.69, 9.17) is 5.73 Å². The van der Waals surface area contributed by atoms with Gasteiger partial charge in [-0.3, -0.25) is 4.79 Å². The van der Waals surface area contributed by atoms with Gasteiger partial charge in [0, 0.05) is 0 Å². The Morgan fingerprint density at radius 2 is 2.29 bits per heavy atom. The van der Waals surface area contributed by atoms with Gasteiger partial charge in [0.25, 0.3) is 0 Å². The zero-order chi connectivity index (χ0) is 10.7. The van der Waals surface area contributed by atoms with Crippen LogP contribution >= 0.6 is 15.9 Å². The van der Waals surface area contributed by atoms with Crippen molar-refractivity contribution in [3.63, 3.8) is 0 Å². The maximum absolute atomic E-state index is 11.1. The molecule has 0 aliphatic rings. The van der Waals surface area contributed by atoms with Crippen LogP contribution in [0.2, 0.25) is 0 Å². The maximum atomic E-state index is 11.1. The lowest BCUT2D eigenvalue weighted by Gasteiger charge is -2.10. The first-order valence-corrected chi connectivity index (χ1v) is 4.67. The van der Waals surface area contributed by atoms with E-state index in [1.807, 2.05) is 0 Å². The van der Waals surface area contributed by atoms with E-state index in [2.05, 4.69) is 20.7 Å². The molecule has 0 spiro atoms. The molecular formula is C9H10BrNO3. The molecule has 1 unspecified atom stereocenters. The number of rotatable bonds is 2. The van der Waals surface area contributed by atoms with Gasteiger partial charge in [-0.2, -0.15) is 0 Å². The molecule has 0 fully saturated rings. The molecule has 0 aromatic heterocycles. The summed E-state index contributed by atoms with van der Waals surface area (Å²) in [6, 6.07) is 3.79. The van der Waals surface area contributed by atoms with Crippen LogP contribution in [0.15, 0.2) is 22.7 Å². The molecule has 0 heterocycles. The van der Waals surface area contributed by atoms with E-state index in [1.54, 1.807) is 12.1 Å². The first-order valence-electron chi connectivity index (χ1n) is 3.88. The van der Waals surface area contributed by atoms with Crippen LogP contribution in [-0.2, 0) is 9.53 Å². The molecule has 1 atom stereocenters. The number of esters is 1. The van der Waals surface area contributed by atoms with E-state index < -0.39 is 12.0 Å². The Bertz CT molecular complexity index is 354. The number of ether oxygens (including phenoxy) is 1. The van der Waals surface area contributed by atoms with Gasteiger partial charge in [-0.1, -0.05) is 6.07 Å². The Hall–Kier alpha value is -1.07. The van der Waals surface area contributed by atoms with E-state index in [0.717, 1.165) is 0 Å². The maximum Gasteiger partial charge on any atom is 0.327 e.